The number of benzene rings is 1. The van der Waals surface area contributed by atoms with Gasteiger partial charge in [0.15, 0.2) is 11.5 Å². The third kappa shape index (κ3) is 1.91. The maximum absolute atomic E-state index is 10.7. The van der Waals surface area contributed by atoms with Crippen LogP contribution in [0.1, 0.15) is 18.4 Å². The van der Waals surface area contributed by atoms with Crippen LogP contribution in [0.3, 0.4) is 0 Å². The minimum Gasteiger partial charge on any atom is -0.481 e. The average molecular weight is 219 g/mol. The fraction of sp³-hybridized carbons (Fsp3) is 0.333. The fourth-order valence-corrected chi connectivity index (χ4v) is 1.57. The van der Waals surface area contributed by atoms with Gasteiger partial charge in [-0.05, 0) is 18.6 Å². The highest BCUT2D eigenvalue weighted by atomic mass is 16.4. The van der Waals surface area contributed by atoms with Crippen molar-refractivity contribution in [2.45, 2.75) is 20.3 Å². The van der Waals surface area contributed by atoms with Crippen molar-refractivity contribution in [2.24, 2.45) is 5.92 Å². The Labute approximate surface area is 92.9 Å². The van der Waals surface area contributed by atoms with Crippen molar-refractivity contribution in [3.05, 3.63) is 29.7 Å². The minimum absolute atomic E-state index is 0.323. The zero-order valence-corrected chi connectivity index (χ0v) is 9.23. The summed E-state index contributed by atoms with van der Waals surface area (Å²) in [6, 6.07) is 5.71. The van der Waals surface area contributed by atoms with Gasteiger partial charge in [0, 0.05) is 6.42 Å². The highest BCUT2D eigenvalue weighted by Crippen LogP contribution is 2.20. The normalized spacial score (nSPS) is 12.9. The molecule has 2 rings (SSSR count). The Hall–Kier alpha value is -1.84. The van der Waals surface area contributed by atoms with Crippen LogP contribution in [0, 0.1) is 12.8 Å². The average Bonchev–Trinajstić information content (AvgIpc) is 2.61. The first-order valence-electron chi connectivity index (χ1n) is 5.16. The molecule has 4 nitrogen and oxygen atoms in total. The van der Waals surface area contributed by atoms with E-state index in [2.05, 4.69) is 4.98 Å². The van der Waals surface area contributed by atoms with Crippen LogP contribution in [0.15, 0.2) is 22.6 Å². The van der Waals surface area contributed by atoms with E-state index >= 15 is 0 Å². The molecule has 4 heteroatoms. The van der Waals surface area contributed by atoms with Gasteiger partial charge in [0.25, 0.3) is 0 Å². The highest BCUT2D eigenvalue weighted by molar-refractivity contribution is 5.76. The molecule has 0 spiro atoms. The van der Waals surface area contributed by atoms with E-state index < -0.39 is 11.9 Å². The lowest BCUT2D eigenvalue weighted by atomic mass is 10.1. The van der Waals surface area contributed by atoms with E-state index in [9.17, 15) is 4.79 Å². The van der Waals surface area contributed by atoms with Crippen molar-refractivity contribution < 1.29 is 14.3 Å². The van der Waals surface area contributed by atoms with Gasteiger partial charge in [-0.3, -0.25) is 4.79 Å². The molecule has 0 saturated carbocycles. The van der Waals surface area contributed by atoms with E-state index in [1.165, 1.54) is 0 Å². The summed E-state index contributed by atoms with van der Waals surface area (Å²) in [4.78, 5) is 15.0. The molecule has 84 valence electrons. The van der Waals surface area contributed by atoms with Gasteiger partial charge >= 0.3 is 5.97 Å². The van der Waals surface area contributed by atoms with Gasteiger partial charge in [-0.15, -0.1) is 0 Å². The molecule has 0 aliphatic rings. The van der Waals surface area contributed by atoms with Crippen molar-refractivity contribution in [3.8, 4) is 0 Å². The predicted molar refractivity (Wildman–Crippen MR) is 59.2 cm³/mol. The third-order valence-corrected chi connectivity index (χ3v) is 2.56. The molecule has 0 fully saturated rings. The standard InChI is InChI=1S/C12H13NO3/c1-7-4-3-5-9-11(7)16-10(13-9)6-8(2)12(14)15/h3-5,8H,6H2,1-2H3,(H,14,15). The van der Waals surface area contributed by atoms with Gasteiger partial charge in [0.1, 0.15) is 5.52 Å². The van der Waals surface area contributed by atoms with Gasteiger partial charge in [0.05, 0.1) is 5.92 Å². The van der Waals surface area contributed by atoms with Gasteiger partial charge < -0.3 is 9.52 Å². The molecule has 0 aliphatic carbocycles. The fourth-order valence-electron chi connectivity index (χ4n) is 1.57. The zero-order valence-electron chi connectivity index (χ0n) is 9.23. The van der Waals surface area contributed by atoms with Gasteiger partial charge in [0.2, 0.25) is 0 Å². The first-order valence-corrected chi connectivity index (χ1v) is 5.16. The number of para-hydroxylation sites is 1. The molecule has 0 bridgehead atoms. The topological polar surface area (TPSA) is 63.3 Å². The maximum atomic E-state index is 10.7. The Kier molecular flexibility index (Phi) is 2.64. The lowest BCUT2D eigenvalue weighted by Crippen LogP contribution is -2.12. The molecule has 1 aromatic carbocycles. The Morgan fingerprint density at radius 1 is 1.56 bits per heavy atom. The molecule has 0 saturated heterocycles. The Bertz CT molecular complexity index is 530. The molecule has 16 heavy (non-hydrogen) atoms. The van der Waals surface area contributed by atoms with Crippen LogP contribution < -0.4 is 0 Å². The molecule has 2 aromatic rings. The number of carboxylic acids is 1. The van der Waals surface area contributed by atoms with Crippen LogP contribution in [0.25, 0.3) is 11.1 Å². The lowest BCUT2D eigenvalue weighted by molar-refractivity contribution is -0.141. The number of aromatic nitrogens is 1. The van der Waals surface area contributed by atoms with E-state index in [1.807, 2.05) is 25.1 Å². The summed E-state index contributed by atoms with van der Waals surface area (Å²) in [5.41, 5.74) is 2.54. The van der Waals surface area contributed by atoms with Crippen LogP contribution in [-0.2, 0) is 11.2 Å². The Balaban J connectivity index is 2.33. The van der Waals surface area contributed by atoms with Crippen molar-refractivity contribution in [1.82, 2.24) is 4.98 Å². The first-order chi connectivity index (χ1) is 7.58. The number of carboxylic acid groups (broad SMARTS) is 1. The summed E-state index contributed by atoms with van der Waals surface area (Å²) in [5, 5.41) is 8.80. The quantitative estimate of drug-likeness (QED) is 0.860. The molecule has 0 aliphatic heterocycles. The second-order valence-electron chi connectivity index (χ2n) is 3.97. The Morgan fingerprint density at radius 3 is 2.94 bits per heavy atom. The summed E-state index contributed by atoms with van der Waals surface area (Å²) >= 11 is 0. The number of rotatable bonds is 3. The van der Waals surface area contributed by atoms with E-state index in [0.717, 1.165) is 16.7 Å². The number of fused-ring (bicyclic) bond motifs is 1. The SMILES string of the molecule is Cc1cccc2nc(CC(C)C(=O)O)oc12. The van der Waals surface area contributed by atoms with Gasteiger partial charge in [-0.2, -0.15) is 0 Å². The number of hydrogen-bond donors (Lipinski definition) is 1. The monoisotopic (exact) mass is 219 g/mol. The smallest absolute Gasteiger partial charge is 0.306 e. The van der Waals surface area contributed by atoms with Crippen LogP contribution in [0.5, 0.6) is 0 Å². The maximum Gasteiger partial charge on any atom is 0.306 e. The molecule has 1 N–H and O–H groups in total. The molecule has 1 aromatic heterocycles. The van der Waals surface area contributed by atoms with Crippen molar-refractivity contribution >= 4 is 17.1 Å². The summed E-state index contributed by atoms with van der Waals surface area (Å²) in [5.74, 6) is -0.827. The van der Waals surface area contributed by atoms with E-state index in [-0.39, 0.29) is 0 Å². The van der Waals surface area contributed by atoms with E-state index in [1.54, 1.807) is 6.92 Å². The zero-order chi connectivity index (χ0) is 11.7. The van der Waals surface area contributed by atoms with Gasteiger partial charge in [-0.1, -0.05) is 19.1 Å². The molecule has 1 unspecified atom stereocenters. The minimum atomic E-state index is -0.834. The predicted octanol–water partition coefficient (Wildman–Crippen LogP) is 2.40. The van der Waals surface area contributed by atoms with E-state index in [4.69, 9.17) is 9.52 Å². The summed E-state index contributed by atoms with van der Waals surface area (Å²) in [6.45, 7) is 3.59. The Morgan fingerprint density at radius 2 is 2.31 bits per heavy atom. The number of aryl methyl sites for hydroxylation is 1. The highest BCUT2D eigenvalue weighted by Gasteiger charge is 2.16. The van der Waals surface area contributed by atoms with Crippen LogP contribution >= 0.6 is 0 Å². The number of carbonyl (C=O) groups is 1. The van der Waals surface area contributed by atoms with Crippen molar-refractivity contribution in [2.75, 3.05) is 0 Å². The van der Waals surface area contributed by atoms with Crippen LogP contribution in [0.4, 0.5) is 0 Å². The third-order valence-electron chi connectivity index (χ3n) is 2.56. The molecule has 0 amide bonds. The second-order valence-corrected chi connectivity index (χ2v) is 3.97. The summed E-state index contributed by atoms with van der Waals surface area (Å²) in [7, 11) is 0. The lowest BCUT2D eigenvalue weighted by Gasteiger charge is -2.00. The molecular weight excluding hydrogens is 206 g/mol. The number of oxazole rings is 1. The summed E-state index contributed by atoms with van der Waals surface area (Å²) < 4.78 is 5.55. The summed E-state index contributed by atoms with van der Waals surface area (Å²) in [6.07, 6.45) is 0.323. The number of nitrogens with zero attached hydrogens (tertiary/aromatic N) is 1. The molecular formula is C12H13NO3. The molecule has 0 radical (unpaired) electrons. The van der Waals surface area contributed by atoms with Crippen LogP contribution in [-0.4, -0.2) is 16.1 Å². The molecule has 1 heterocycles. The second kappa shape index (κ2) is 3.96. The molecule has 1 atom stereocenters. The van der Waals surface area contributed by atoms with Gasteiger partial charge in [-0.25, -0.2) is 4.98 Å². The first kappa shape index (κ1) is 10.7. The number of aliphatic carboxylic acids is 1. The number of hydrogen-bond acceptors (Lipinski definition) is 3. The van der Waals surface area contributed by atoms with Crippen molar-refractivity contribution in [1.29, 1.82) is 0 Å². The van der Waals surface area contributed by atoms with Crippen molar-refractivity contribution in [3.63, 3.8) is 0 Å². The largest absolute Gasteiger partial charge is 0.481 e. The van der Waals surface area contributed by atoms with E-state index in [0.29, 0.717) is 12.3 Å². The van der Waals surface area contributed by atoms with Crippen LogP contribution in [0.2, 0.25) is 0 Å².